The van der Waals surface area contributed by atoms with Crippen LogP contribution in [0.15, 0.2) is 0 Å². The maximum absolute atomic E-state index is 11.4. The van der Waals surface area contributed by atoms with Crippen LogP contribution in [0.3, 0.4) is 0 Å². The molecule has 0 aliphatic rings. The fraction of sp³-hybridized carbons (Fsp3) is 0.857. The van der Waals surface area contributed by atoms with E-state index < -0.39 is 28.8 Å². The zero-order valence-electron chi connectivity index (χ0n) is 13.3. The minimum atomic E-state index is -1.05. The van der Waals surface area contributed by atoms with E-state index in [-0.39, 0.29) is 5.75 Å². The molecule has 6 nitrogen and oxygen atoms in total. The number of nitrogens with two attached hydrogens (primary N) is 2. The lowest BCUT2D eigenvalue weighted by Crippen LogP contribution is -2.50. The number of carboxylic acid groups (broad SMARTS) is 2. The van der Waals surface area contributed by atoms with Crippen molar-refractivity contribution in [2.45, 2.75) is 69.2 Å². The molecule has 6 N–H and O–H groups in total. The van der Waals surface area contributed by atoms with Gasteiger partial charge in [0, 0.05) is 5.75 Å². The van der Waals surface area contributed by atoms with Gasteiger partial charge in [-0.25, -0.2) is 0 Å². The van der Waals surface area contributed by atoms with Crippen LogP contribution in [-0.4, -0.2) is 44.7 Å². The second-order valence-corrected chi connectivity index (χ2v) is 8.16. The zero-order chi connectivity index (χ0) is 17.2. The van der Waals surface area contributed by atoms with Crippen molar-refractivity contribution in [1.82, 2.24) is 0 Å². The number of rotatable bonds is 13. The van der Waals surface area contributed by atoms with E-state index in [2.05, 4.69) is 13.8 Å². The van der Waals surface area contributed by atoms with Crippen molar-refractivity contribution in [1.29, 1.82) is 0 Å². The van der Waals surface area contributed by atoms with Gasteiger partial charge in [-0.1, -0.05) is 61.1 Å². The highest BCUT2D eigenvalue weighted by Crippen LogP contribution is 2.45. The molecule has 0 aliphatic carbocycles. The van der Waals surface area contributed by atoms with Gasteiger partial charge in [-0.3, -0.25) is 9.59 Å². The van der Waals surface area contributed by atoms with Gasteiger partial charge in [0.2, 0.25) is 0 Å². The van der Waals surface area contributed by atoms with E-state index in [0.717, 1.165) is 25.7 Å². The summed E-state index contributed by atoms with van der Waals surface area (Å²) < 4.78 is -0.583. The third-order valence-corrected chi connectivity index (χ3v) is 6.89. The van der Waals surface area contributed by atoms with Crippen molar-refractivity contribution in [3.8, 4) is 0 Å². The fourth-order valence-corrected chi connectivity index (χ4v) is 5.46. The third kappa shape index (κ3) is 7.21. The number of unbranched alkanes of at least 4 members (excludes halogenated alkanes) is 2. The Labute approximate surface area is 140 Å². The van der Waals surface area contributed by atoms with Crippen LogP contribution in [0.1, 0.15) is 52.4 Å². The standard InChI is InChI=1S/C14H28N2O4S2/c1-3-5-7-14(8-6-4-2,11(16)13(19)20)22-21-9-10(15)12(17)18/h10-11H,3-9,15-16H2,1-2H3,(H,17,18)(H,19,20). The van der Waals surface area contributed by atoms with Crippen LogP contribution in [-0.2, 0) is 9.59 Å². The van der Waals surface area contributed by atoms with Gasteiger partial charge in [0.05, 0.1) is 4.75 Å². The summed E-state index contributed by atoms with van der Waals surface area (Å²) in [5.41, 5.74) is 11.5. The van der Waals surface area contributed by atoms with E-state index in [0.29, 0.717) is 12.8 Å². The molecule has 0 fully saturated rings. The van der Waals surface area contributed by atoms with Gasteiger partial charge < -0.3 is 21.7 Å². The van der Waals surface area contributed by atoms with Crippen LogP contribution in [0, 0.1) is 0 Å². The van der Waals surface area contributed by atoms with Gasteiger partial charge in [-0.2, -0.15) is 0 Å². The van der Waals surface area contributed by atoms with E-state index in [1.807, 2.05) is 0 Å². The molecule has 0 saturated carbocycles. The summed E-state index contributed by atoms with van der Waals surface area (Å²) in [6.07, 6.45) is 5.11. The molecule has 0 bridgehead atoms. The van der Waals surface area contributed by atoms with Crippen molar-refractivity contribution < 1.29 is 19.8 Å². The first-order chi connectivity index (χ1) is 10.3. The molecular weight excluding hydrogens is 324 g/mol. The molecule has 2 unspecified atom stereocenters. The van der Waals surface area contributed by atoms with Gasteiger partial charge in [-0.05, 0) is 12.8 Å². The predicted octanol–water partition coefficient (Wildman–Crippen LogP) is 2.31. The van der Waals surface area contributed by atoms with Crippen molar-refractivity contribution in [2.75, 3.05) is 5.75 Å². The first-order valence-corrected chi connectivity index (χ1v) is 9.90. The Morgan fingerprint density at radius 1 is 1.05 bits per heavy atom. The average molecular weight is 353 g/mol. The van der Waals surface area contributed by atoms with Crippen LogP contribution in [0.5, 0.6) is 0 Å². The molecule has 0 spiro atoms. The monoisotopic (exact) mass is 352 g/mol. The SMILES string of the molecule is CCCCC(CCCC)(SSCC(N)C(=O)O)C(N)C(=O)O. The summed E-state index contributed by atoms with van der Waals surface area (Å²) in [5.74, 6) is -1.84. The Balaban J connectivity index is 4.98. The highest BCUT2D eigenvalue weighted by Gasteiger charge is 2.41. The zero-order valence-corrected chi connectivity index (χ0v) is 14.9. The Hall–Kier alpha value is -0.440. The molecule has 8 heteroatoms. The maximum atomic E-state index is 11.4. The smallest absolute Gasteiger partial charge is 0.321 e. The summed E-state index contributed by atoms with van der Waals surface area (Å²) in [7, 11) is 2.71. The highest BCUT2D eigenvalue weighted by atomic mass is 33.1. The summed E-state index contributed by atoms with van der Waals surface area (Å²) in [6.45, 7) is 4.10. The minimum absolute atomic E-state index is 0.229. The fourth-order valence-electron chi connectivity index (χ4n) is 2.04. The predicted molar refractivity (Wildman–Crippen MR) is 93.1 cm³/mol. The molecule has 0 rings (SSSR count). The quantitative estimate of drug-likeness (QED) is 0.372. The number of hydrogen-bond acceptors (Lipinski definition) is 6. The summed E-state index contributed by atoms with van der Waals surface area (Å²) in [6, 6.07) is -1.92. The van der Waals surface area contributed by atoms with Crippen LogP contribution >= 0.6 is 21.6 Å². The Kier molecular flexibility index (Phi) is 10.9. The Bertz CT molecular complexity index is 348. The lowest BCUT2D eigenvalue weighted by atomic mass is 9.88. The minimum Gasteiger partial charge on any atom is -0.480 e. The van der Waals surface area contributed by atoms with E-state index in [1.165, 1.54) is 21.6 Å². The molecule has 2 atom stereocenters. The van der Waals surface area contributed by atoms with Gasteiger partial charge in [0.15, 0.2) is 0 Å². The largest absolute Gasteiger partial charge is 0.480 e. The van der Waals surface area contributed by atoms with Crippen molar-refractivity contribution in [2.24, 2.45) is 11.5 Å². The molecule has 0 aromatic carbocycles. The molecule has 0 aromatic rings. The lowest BCUT2D eigenvalue weighted by Gasteiger charge is -2.36. The summed E-state index contributed by atoms with van der Waals surface area (Å²) in [5, 5.41) is 18.2. The highest BCUT2D eigenvalue weighted by molar-refractivity contribution is 8.77. The molecule has 0 aliphatic heterocycles. The molecule has 130 valence electrons. The second-order valence-electron chi connectivity index (χ2n) is 5.40. The maximum Gasteiger partial charge on any atom is 0.321 e. The average Bonchev–Trinajstić information content (AvgIpc) is 2.48. The van der Waals surface area contributed by atoms with E-state index >= 15 is 0 Å². The molecule has 22 heavy (non-hydrogen) atoms. The van der Waals surface area contributed by atoms with E-state index in [1.54, 1.807) is 0 Å². The number of hydrogen-bond donors (Lipinski definition) is 4. The molecule has 0 saturated heterocycles. The van der Waals surface area contributed by atoms with Crippen molar-refractivity contribution >= 4 is 33.5 Å². The second kappa shape index (κ2) is 11.2. The Morgan fingerprint density at radius 2 is 1.55 bits per heavy atom. The lowest BCUT2D eigenvalue weighted by molar-refractivity contribution is -0.140. The van der Waals surface area contributed by atoms with Gasteiger partial charge in [0.25, 0.3) is 0 Å². The first-order valence-electron chi connectivity index (χ1n) is 7.58. The van der Waals surface area contributed by atoms with Crippen LogP contribution in [0.4, 0.5) is 0 Å². The van der Waals surface area contributed by atoms with E-state index in [9.17, 15) is 14.7 Å². The van der Waals surface area contributed by atoms with Crippen LogP contribution in [0.25, 0.3) is 0 Å². The Morgan fingerprint density at radius 3 is 1.91 bits per heavy atom. The van der Waals surface area contributed by atoms with Crippen molar-refractivity contribution in [3.63, 3.8) is 0 Å². The van der Waals surface area contributed by atoms with Gasteiger partial charge in [0.1, 0.15) is 12.1 Å². The molecule has 0 aromatic heterocycles. The summed E-state index contributed by atoms with van der Waals surface area (Å²) in [4.78, 5) is 22.2. The third-order valence-electron chi connectivity index (χ3n) is 3.53. The van der Waals surface area contributed by atoms with Gasteiger partial charge in [-0.15, -0.1) is 0 Å². The molecule has 0 heterocycles. The summed E-state index contributed by atoms with van der Waals surface area (Å²) >= 11 is 0. The van der Waals surface area contributed by atoms with Crippen LogP contribution < -0.4 is 11.5 Å². The first kappa shape index (κ1) is 21.6. The number of carboxylic acids is 2. The molecule has 0 radical (unpaired) electrons. The molecular formula is C14H28N2O4S2. The topological polar surface area (TPSA) is 127 Å². The number of aliphatic carboxylic acids is 2. The van der Waals surface area contributed by atoms with Gasteiger partial charge >= 0.3 is 11.9 Å². The normalized spacial score (nSPS) is 14.5. The molecule has 0 amide bonds. The van der Waals surface area contributed by atoms with E-state index in [4.69, 9.17) is 16.6 Å². The number of carbonyl (C=O) groups is 2. The van der Waals surface area contributed by atoms with Crippen molar-refractivity contribution in [3.05, 3.63) is 0 Å². The van der Waals surface area contributed by atoms with Crippen LogP contribution in [0.2, 0.25) is 0 Å².